The van der Waals surface area contributed by atoms with Gasteiger partial charge in [0.05, 0.1) is 33.0 Å². The summed E-state index contributed by atoms with van der Waals surface area (Å²) in [6.45, 7) is 4.81. The zero-order valence-electron chi connectivity index (χ0n) is 11.6. The van der Waals surface area contributed by atoms with E-state index in [2.05, 4.69) is 5.32 Å². The van der Waals surface area contributed by atoms with Crippen molar-refractivity contribution in [2.45, 2.75) is 12.8 Å². The highest BCUT2D eigenvalue weighted by atomic mass is 16.5. The number of nitrogens with one attached hydrogen (secondary N) is 1. The molecule has 114 valence electrons. The van der Waals surface area contributed by atoms with Crippen molar-refractivity contribution >= 4 is 5.91 Å². The lowest BCUT2D eigenvalue weighted by atomic mass is 10.4. The molecule has 0 aromatic heterocycles. The van der Waals surface area contributed by atoms with E-state index in [-0.39, 0.29) is 12.5 Å². The number of amides is 1. The average Bonchev–Trinajstić information content (AvgIpc) is 2.43. The van der Waals surface area contributed by atoms with Gasteiger partial charge in [0, 0.05) is 19.8 Å². The minimum atomic E-state index is -0.141. The maximum Gasteiger partial charge on any atom is 0.233 e. The first-order valence-electron chi connectivity index (χ1n) is 6.71. The van der Waals surface area contributed by atoms with Crippen molar-refractivity contribution in [3.8, 4) is 0 Å². The van der Waals surface area contributed by atoms with Crippen LogP contribution >= 0.6 is 0 Å². The lowest BCUT2D eigenvalue weighted by Gasteiger charge is -2.07. The minimum absolute atomic E-state index is 0.0298. The SMILES string of the molecule is NCCCOCCOCCOCCCNC(=O)CN. The molecule has 0 aromatic rings. The van der Waals surface area contributed by atoms with Gasteiger partial charge in [-0.3, -0.25) is 4.79 Å². The number of carbonyl (C=O) groups excluding carboxylic acids is 1. The Bertz CT molecular complexity index is 205. The number of rotatable bonds is 14. The number of ether oxygens (including phenoxy) is 3. The van der Waals surface area contributed by atoms with Crippen molar-refractivity contribution in [2.75, 3.05) is 59.3 Å². The van der Waals surface area contributed by atoms with Crippen LogP contribution in [0.5, 0.6) is 0 Å². The van der Waals surface area contributed by atoms with E-state index in [1.54, 1.807) is 0 Å². The maximum atomic E-state index is 10.8. The fourth-order valence-corrected chi connectivity index (χ4v) is 1.20. The van der Waals surface area contributed by atoms with E-state index in [1.807, 2.05) is 0 Å². The third-order valence-corrected chi connectivity index (χ3v) is 2.21. The van der Waals surface area contributed by atoms with E-state index >= 15 is 0 Å². The molecule has 0 rings (SSSR count). The van der Waals surface area contributed by atoms with Crippen molar-refractivity contribution in [2.24, 2.45) is 11.5 Å². The Morgan fingerprint density at radius 2 is 1.37 bits per heavy atom. The Kier molecular flexibility index (Phi) is 14.7. The first-order chi connectivity index (χ1) is 9.31. The van der Waals surface area contributed by atoms with Gasteiger partial charge in [0.1, 0.15) is 0 Å². The summed E-state index contributed by atoms with van der Waals surface area (Å²) >= 11 is 0. The Balaban J connectivity index is 2.97. The molecule has 0 aromatic carbocycles. The maximum absolute atomic E-state index is 10.8. The molecule has 0 aliphatic heterocycles. The van der Waals surface area contributed by atoms with Gasteiger partial charge < -0.3 is 31.0 Å². The Hall–Kier alpha value is -0.730. The molecule has 0 atom stereocenters. The Labute approximate surface area is 114 Å². The van der Waals surface area contributed by atoms with E-state index < -0.39 is 0 Å². The largest absolute Gasteiger partial charge is 0.379 e. The van der Waals surface area contributed by atoms with E-state index in [9.17, 15) is 4.79 Å². The van der Waals surface area contributed by atoms with E-state index in [0.717, 1.165) is 12.8 Å². The molecular formula is C12H27N3O4. The number of nitrogens with two attached hydrogens (primary N) is 2. The van der Waals surface area contributed by atoms with Crippen molar-refractivity contribution < 1.29 is 19.0 Å². The summed E-state index contributed by atoms with van der Waals surface area (Å²) in [6, 6.07) is 0. The molecule has 0 aliphatic carbocycles. The third kappa shape index (κ3) is 15.2. The van der Waals surface area contributed by atoms with Gasteiger partial charge in [0.25, 0.3) is 0 Å². The number of hydrogen-bond acceptors (Lipinski definition) is 6. The summed E-state index contributed by atoms with van der Waals surface area (Å²) in [5.74, 6) is -0.141. The van der Waals surface area contributed by atoms with Crippen molar-refractivity contribution in [3.63, 3.8) is 0 Å². The monoisotopic (exact) mass is 277 g/mol. The summed E-state index contributed by atoms with van der Waals surface area (Å²) in [6.07, 6.45) is 1.65. The van der Waals surface area contributed by atoms with Crippen LogP contribution in [0.15, 0.2) is 0 Å². The second kappa shape index (κ2) is 15.3. The van der Waals surface area contributed by atoms with E-state index in [1.165, 1.54) is 0 Å². The van der Waals surface area contributed by atoms with Gasteiger partial charge in [-0.2, -0.15) is 0 Å². The molecule has 0 aliphatic rings. The van der Waals surface area contributed by atoms with Gasteiger partial charge in [-0.05, 0) is 19.4 Å². The lowest BCUT2D eigenvalue weighted by Crippen LogP contribution is -2.31. The molecule has 7 heteroatoms. The minimum Gasteiger partial charge on any atom is -0.379 e. The topological polar surface area (TPSA) is 109 Å². The predicted molar refractivity (Wildman–Crippen MR) is 72.8 cm³/mol. The molecule has 0 unspecified atom stereocenters. The van der Waals surface area contributed by atoms with Crippen LogP contribution in [0.3, 0.4) is 0 Å². The predicted octanol–water partition coefficient (Wildman–Crippen LogP) is -1.15. The standard InChI is InChI=1S/C12H27N3O4/c13-3-1-5-17-7-9-19-10-8-18-6-2-4-15-12(16)11-14/h1-11,13-14H2,(H,15,16). The Morgan fingerprint density at radius 1 is 0.842 bits per heavy atom. The van der Waals surface area contributed by atoms with Crippen molar-refractivity contribution in [1.82, 2.24) is 5.32 Å². The van der Waals surface area contributed by atoms with Crippen LogP contribution in [0.25, 0.3) is 0 Å². The van der Waals surface area contributed by atoms with Crippen LogP contribution in [-0.4, -0.2) is 65.2 Å². The quantitative estimate of drug-likeness (QED) is 0.346. The molecule has 0 radical (unpaired) electrons. The van der Waals surface area contributed by atoms with Gasteiger partial charge in [0.2, 0.25) is 5.91 Å². The first-order valence-corrected chi connectivity index (χ1v) is 6.71. The fraction of sp³-hybridized carbons (Fsp3) is 0.917. The van der Waals surface area contributed by atoms with Crippen LogP contribution in [0.2, 0.25) is 0 Å². The summed E-state index contributed by atoms with van der Waals surface area (Å²) in [5.41, 5.74) is 10.5. The molecule has 0 heterocycles. The van der Waals surface area contributed by atoms with Crippen LogP contribution in [-0.2, 0) is 19.0 Å². The smallest absolute Gasteiger partial charge is 0.233 e. The van der Waals surface area contributed by atoms with Gasteiger partial charge in [0.15, 0.2) is 0 Å². The Morgan fingerprint density at radius 3 is 1.89 bits per heavy atom. The molecule has 0 fully saturated rings. The average molecular weight is 277 g/mol. The third-order valence-electron chi connectivity index (χ3n) is 2.21. The molecule has 7 nitrogen and oxygen atoms in total. The first kappa shape index (κ1) is 18.3. The van der Waals surface area contributed by atoms with Gasteiger partial charge in [-0.1, -0.05) is 0 Å². The zero-order chi connectivity index (χ0) is 14.2. The second-order valence-electron chi connectivity index (χ2n) is 3.89. The second-order valence-corrected chi connectivity index (χ2v) is 3.89. The molecule has 0 spiro atoms. The number of carbonyl (C=O) groups is 1. The molecule has 0 saturated heterocycles. The van der Waals surface area contributed by atoms with Gasteiger partial charge in [-0.25, -0.2) is 0 Å². The lowest BCUT2D eigenvalue weighted by molar-refractivity contribution is -0.119. The van der Waals surface area contributed by atoms with Gasteiger partial charge >= 0.3 is 0 Å². The molecule has 0 saturated carbocycles. The fourth-order valence-electron chi connectivity index (χ4n) is 1.20. The molecule has 0 bridgehead atoms. The normalized spacial score (nSPS) is 10.6. The van der Waals surface area contributed by atoms with Crippen LogP contribution in [0.4, 0.5) is 0 Å². The van der Waals surface area contributed by atoms with Gasteiger partial charge in [-0.15, -0.1) is 0 Å². The van der Waals surface area contributed by atoms with E-state index in [4.69, 9.17) is 25.7 Å². The summed E-state index contributed by atoms with van der Waals surface area (Å²) < 4.78 is 15.9. The summed E-state index contributed by atoms with van der Waals surface area (Å²) in [7, 11) is 0. The number of hydrogen-bond donors (Lipinski definition) is 3. The van der Waals surface area contributed by atoms with E-state index in [0.29, 0.717) is 52.7 Å². The molecule has 5 N–H and O–H groups in total. The van der Waals surface area contributed by atoms with Crippen LogP contribution in [0, 0.1) is 0 Å². The molecule has 1 amide bonds. The van der Waals surface area contributed by atoms with Crippen molar-refractivity contribution in [3.05, 3.63) is 0 Å². The highest BCUT2D eigenvalue weighted by Crippen LogP contribution is 1.85. The summed E-state index contributed by atoms with van der Waals surface area (Å²) in [5, 5.41) is 2.67. The molecular weight excluding hydrogens is 250 g/mol. The summed E-state index contributed by atoms with van der Waals surface area (Å²) in [4.78, 5) is 10.8. The van der Waals surface area contributed by atoms with Crippen LogP contribution in [0.1, 0.15) is 12.8 Å². The van der Waals surface area contributed by atoms with Crippen molar-refractivity contribution in [1.29, 1.82) is 0 Å². The zero-order valence-corrected chi connectivity index (χ0v) is 11.6. The highest BCUT2D eigenvalue weighted by Gasteiger charge is 1.95. The highest BCUT2D eigenvalue weighted by molar-refractivity contribution is 5.77. The van der Waals surface area contributed by atoms with Crippen LogP contribution < -0.4 is 16.8 Å². The molecule has 19 heavy (non-hydrogen) atoms.